The minimum Gasteiger partial charge on any atom is -0.312 e. The molecule has 2 N–H and O–H groups in total. The first-order chi connectivity index (χ1) is 9.15. The SMILES string of the molecule is CC1(CC(F)(F)F)C(CC(F)(F)F)CCCN1P(=O)(O)O. The molecule has 1 heterocycles. The fourth-order valence-corrected chi connectivity index (χ4v) is 4.17. The van der Waals surface area contributed by atoms with Crippen LogP contribution in [0.3, 0.4) is 0 Å². The van der Waals surface area contributed by atoms with Crippen LogP contribution >= 0.6 is 7.75 Å². The summed E-state index contributed by atoms with van der Waals surface area (Å²) < 4.78 is 87.4. The first-order valence-corrected chi connectivity index (χ1v) is 7.69. The molecular formula is C10H16F6NO3P. The third kappa shape index (κ3) is 5.12. The lowest BCUT2D eigenvalue weighted by molar-refractivity contribution is -0.189. The average Bonchev–Trinajstić information content (AvgIpc) is 2.14. The van der Waals surface area contributed by atoms with Gasteiger partial charge in [-0.3, -0.25) is 0 Å². The molecule has 0 aromatic rings. The van der Waals surface area contributed by atoms with Crippen LogP contribution in [0.2, 0.25) is 0 Å². The van der Waals surface area contributed by atoms with E-state index in [-0.39, 0.29) is 24.1 Å². The Morgan fingerprint density at radius 2 is 1.71 bits per heavy atom. The first kappa shape index (κ1) is 18.7. The molecule has 126 valence electrons. The van der Waals surface area contributed by atoms with Crippen molar-refractivity contribution in [3.63, 3.8) is 0 Å². The zero-order chi connectivity index (χ0) is 16.7. The Morgan fingerprint density at radius 1 is 1.19 bits per heavy atom. The van der Waals surface area contributed by atoms with Crippen LogP contribution in [-0.2, 0) is 4.57 Å². The minimum atomic E-state index is -5.09. The molecule has 0 aromatic carbocycles. The van der Waals surface area contributed by atoms with Crippen molar-refractivity contribution in [1.82, 2.24) is 4.67 Å². The second kappa shape index (κ2) is 5.72. The molecular weight excluding hydrogens is 327 g/mol. The summed E-state index contributed by atoms with van der Waals surface area (Å²) in [5, 5.41) is 0. The molecule has 21 heavy (non-hydrogen) atoms. The van der Waals surface area contributed by atoms with Crippen LogP contribution in [0.5, 0.6) is 0 Å². The van der Waals surface area contributed by atoms with Crippen LogP contribution < -0.4 is 0 Å². The van der Waals surface area contributed by atoms with Crippen molar-refractivity contribution < 1.29 is 40.7 Å². The number of nitrogens with zero attached hydrogens (tertiary/aromatic N) is 1. The smallest absolute Gasteiger partial charge is 0.312 e. The van der Waals surface area contributed by atoms with E-state index in [9.17, 15) is 40.7 Å². The lowest BCUT2D eigenvalue weighted by Gasteiger charge is -2.50. The van der Waals surface area contributed by atoms with Crippen LogP contribution in [0.4, 0.5) is 26.3 Å². The zero-order valence-electron chi connectivity index (χ0n) is 11.1. The molecule has 1 fully saturated rings. The van der Waals surface area contributed by atoms with Crippen molar-refractivity contribution in [2.45, 2.75) is 50.5 Å². The maximum absolute atomic E-state index is 12.7. The van der Waals surface area contributed by atoms with E-state index < -0.39 is 44.4 Å². The Morgan fingerprint density at radius 3 is 2.10 bits per heavy atom. The van der Waals surface area contributed by atoms with Crippen LogP contribution in [0.25, 0.3) is 0 Å². The summed E-state index contributed by atoms with van der Waals surface area (Å²) in [5.74, 6) is -1.53. The van der Waals surface area contributed by atoms with Crippen molar-refractivity contribution in [3.8, 4) is 0 Å². The molecule has 11 heteroatoms. The van der Waals surface area contributed by atoms with E-state index in [2.05, 4.69) is 0 Å². The Hall–Kier alpha value is -0.310. The van der Waals surface area contributed by atoms with Crippen molar-refractivity contribution in [2.24, 2.45) is 5.92 Å². The lowest BCUT2D eigenvalue weighted by Crippen LogP contribution is -2.56. The predicted molar refractivity (Wildman–Crippen MR) is 61.2 cm³/mol. The van der Waals surface area contributed by atoms with Gasteiger partial charge in [0.15, 0.2) is 0 Å². The van der Waals surface area contributed by atoms with Gasteiger partial charge in [-0.2, -0.15) is 26.3 Å². The largest absolute Gasteiger partial charge is 0.403 e. The predicted octanol–water partition coefficient (Wildman–Crippen LogP) is 3.45. The van der Waals surface area contributed by atoms with Crippen LogP contribution in [0.1, 0.15) is 32.6 Å². The van der Waals surface area contributed by atoms with Crippen LogP contribution in [-0.4, -0.2) is 38.9 Å². The number of hydrogen-bond donors (Lipinski definition) is 2. The van der Waals surface area contributed by atoms with Gasteiger partial charge in [-0.25, -0.2) is 9.24 Å². The third-order valence-corrected chi connectivity index (χ3v) is 5.03. The summed E-state index contributed by atoms with van der Waals surface area (Å²) in [5.41, 5.74) is -2.29. The van der Waals surface area contributed by atoms with Crippen LogP contribution in [0, 0.1) is 5.92 Å². The maximum atomic E-state index is 12.7. The van der Waals surface area contributed by atoms with Crippen molar-refractivity contribution in [2.75, 3.05) is 6.54 Å². The van der Waals surface area contributed by atoms with Gasteiger partial charge in [0, 0.05) is 18.5 Å². The summed E-state index contributed by atoms with van der Waals surface area (Å²) in [6.45, 7) is 0.473. The molecule has 1 saturated heterocycles. The quantitative estimate of drug-likeness (QED) is 0.609. The highest BCUT2D eigenvalue weighted by Crippen LogP contribution is 2.55. The van der Waals surface area contributed by atoms with Gasteiger partial charge in [0.05, 0.1) is 6.42 Å². The molecule has 4 nitrogen and oxygen atoms in total. The molecule has 0 aliphatic carbocycles. The lowest BCUT2D eigenvalue weighted by atomic mass is 9.75. The molecule has 0 saturated carbocycles. The van der Waals surface area contributed by atoms with Crippen LogP contribution in [0.15, 0.2) is 0 Å². The molecule has 2 atom stereocenters. The van der Waals surface area contributed by atoms with E-state index >= 15 is 0 Å². The topological polar surface area (TPSA) is 60.8 Å². The van der Waals surface area contributed by atoms with Gasteiger partial charge in [0.1, 0.15) is 0 Å². The van der Waals surface area contributed by atoms with E-state index in [0.717, 1.165) is 6.92 Å². The summed E-state index contributed by atoms with van der Waals surface area (Å²) >= 11 is 0. The summed E-state index contributed by atoms with van der Waals surface area (Å²) in [6, 6.07) is 0. The first-order valence-electron chi connectivity index (χ1n) is 6.12. The highest BCUT2D eigenvalue weighted by atomic mass is 31.2. The fraction of sp³-hybridized carbons (Fsp3) is 1.00. The molecule has 1 rings (SSSR count). The minimum absolute atomic E-state index is 0.000691. The molecule has 0 amide bonds. The molecule has 0 bridgehead atoms. The van der Waals surface area contributed by atoms with Gasteiger partial charge in [0.2, 0.25) is 0 Å². The van der Waals surface area contributed by atoms with E-state index in [1.165, 1.54) is 0 Å². The molecule has 0 spiro atoms. The van der Waals surface area contributed by atoms with Gasteiger partial charge in [0.25, 0.3) is 0 Å². The highest BCUT2D eigenvalue weighted by molar-refractivity contribution is 7.49. The second-order valence-corrected chi connectivity index (χ2v) is 6.95. The van der Waals surface area contributed by atoms with E-state index in [0.29, 0.717) is 0 Å². The van der Waals surface area contributed by atoms with Gasteiger partial charge < -0.3 is 9.79 Å². The third-order valence-electron chi connectivity index (χ3n) is 3.74. The number of halogens is 6. The number of piperidine rings is 1. The number of hydrogen-bond acceptors (Lipinski definition) is 1. The van der Waals surface area contributed by atoms with Gasteiger partial charge in [-0.1, -0.05) is 0 Å². The normalized spacial score (nSPS) is 29.7. The molecule has 2 unspecified atom stereocenters. The highest BCUT2D eigenvalue weighted by Gasteiger charge is 2.56. The van der Waals surface area contributed by atoms with E-state index in [1.807, 2.05) is 0 Å². The van der Waals surface area contributed by atoms with E-state index in [4.69, 9.17) is 0 Å². The van der Waals surface area contributed by atoms with Gasteiger partial charge in [-0.15, -0.1) is 0 Å². The Balaban J connectivity index is 3.19. The summed E-state index contributed by atoms with van der Waals surface area (Å²) in [6.07, 6.45) is -12.9. The molecule has 0 aromatic heterocycles. The summed E-state index contributed by atoms with van der Waals surface area (Å²) in [7, 11) is -5.09. The van der Waals surface area contributed by atoms with Crippen molar-refractivity contribution in [1.29, 1.82) is 0 Å². The summed E-state index contributed by atoms with van der Waals surface area (Å²) in [4.78, 5) is 18.4. The Labute approximate surface area is 117 Å². The monoisotopic (exact) mass is 343 g/mol. The second-order valence-electron chi connectivity index (χ2n) is 5.44. The zero-order valence-corrected chi connectivity index (χ0v) is 12.0. The number of alkyl halides is 6. The Kier molecular flexibility index (Phi) is 5.10. The molecule has 1 aliphatic heterocycles. The standard InChI is InChI=1S/C10H16F6NO3P/c1-8(6-10(14,15)16)7(5-9(11,12)13)3-2-4-17(8)21(18,19)20/h7H,2-6H2,1H3,(H2,18,19,20). The fourth-order valence-electron chi connectivity index (χ4n) is 2.94. The maximum Gasteiger partial charge on any atom is 0.403 e. The van der Waals surface area contributed by atoms with Crippen molar-refractivity contribution >= 4 is 7.75 Å². The van der Waals surface area contributed by atoms with E-state index in [1.54, 1.807) is 0 Å². The molecule has 0 radical (unpaired) electrons. The van der Waals surface area contributed by atoms with Crippen molar-refractivity contribution in [3.05, 3.63) is 0 Å². The average molecular weight is 343 g/mol. The Bertz CT molecular complexity index is 420. The molecule has 1 aliphatic rings. The van der Waals surface area contributed by atoms with Gasteiger partial charge in [-0.05, 0) is 25.7 Å². The van der Waals surface area contributed by atoms with Gasteiger partial charge >= 0.3 is 20.1 Å². The number of rotatable bonds is 3.